The van der Waals surface area contributed by atoms with Crippen molar-refractivity contribution in [1.29, 1.82) is 0 Å². The average molecular weight is 268 g/mol. The third-order valence-electron chi connectivity index (χ3n) is 3.22. The number of rotatable bonds is 4. The Morgan fingerprint density at radius 2 is 2.44 bits per heavy atom. The maximum Gasteiger partial charge on any atom is 0.264 e. The predicted molar refractivity (Wildman–Crippen MR) is 71.9 cm³/mol. The third-order valence-corrected chi connectivity index (χ3v) is 3.96. The summed E-state index contributed by atoms with van der Waals surface area (Å²) >= 11 is 1.18. The molecule has 0 bridgehead atoms. The molecule has 0 radical (unpaired) electrons. The lowest BCUT2D eigenvalue weighted by Crippen LogP contribution is -2.38. The summed E-state index contributed by atoms with van der Waals surface area (Å²) in [6, 6.07) is 0. The molecule has 2 heterocycles. The van der Waals surface area contributed by atoms with Gasteiger partial charge in [-0.15, -0.1) is 5.10 Å². The second-order valence-corrected chi connectivity index (χ2v) is 5.82. The van der Waals surface area contributed by atoms with Gasteiger partial charge in [0, 0.05) is 6.54 Å². The first-order chi connectivity index (χ1) is 8.68. The Morgan fingerprint density at radius 3 is 3.11 bits per heavy atom. The van der Waals surface area contributed by atoms with Crippen LogP contribution in [0.15, 0.2) is 0 Å². The average Bonchev–Trinajstić information content (AvgIpc) is 2.86. The number of amides is 1. The van der Waals surface area contributed by atoms with Crippen LogP contribution >= 0.6 is 11.5 Å². The lowest BCUT2D eigenvalue weighted by atomic mass is 10.00. The summed E-state index contributed by atoms with van der Waals surface area (Å²) in [5.74, 6) is 0.756. The number of hydrogen-bond donors (Lipinski definition) is 2. The van der Waals surface area contributed by atoms with Gasteiger partial charge in [-0.05, 0) is 49.3 Å². The van der Waals surface area contributed by atoms with Crippen LogP contribution in [0.4, 0.5) is 0 Å². The van der Waals surface area contributed by atoms with E-state index in [0.29, 0.717) is 10.8 Å². The summed E-state index contributed by atoms with van der Waals surface area (Å²) in [5, 5.41) is 10.4. The number of carbonyl (C=O) groups excluding carboxylic acids is 1. The minimum atomic E-state index is -0.0285. The Balaban J connectivity index is 1.89. The molecule has 1 fully saturated rings. The smallest absolute Gasteiger partial charge is 0.264 e. The van der Waals surface area contributed by atoms with Crippen molar-refractivity contribution in [3.05, 3.63) is 10.6 Å². The molecule has 1 aromatic rings. The Bertz CT molecular complexity index is 399. The maximum atomic E-state index is 12.1. The molecule has 1 amide bonds. The summed E-state index contributed by atoms with van der Waals surface area (Å²) in [7, 11) is 0. The van der Waals surface area contributed by atoms with Gasteiger partial charge in [-0.2, -0.15) is 0 Å². The van der Waals surface area contributed by atoms with Crippen molar-refractivity contribution < 1.29 is 4.79 Å². The fraction of sp³-hybridized carbons (Fsp3) is 0.750. The molecule has 2 rings (SSSR count). The molecule has 0 spiro atoms. The van der Waals surface area contributed by atoms with E-state index < -0.39 is 0 Å². The van der Waals surface area contributed by atoms with Crippen LogP contribution in [0.3, 0.4) is 0 Å². The molecule has 18 heavy (non-hydrogen) atoms. The highest BCUT2D eigenvalue weighted by atomic mass is 32.1. The second-order valence-electron chi connectivity index (χ2n) is 5.06. The van der Waals surface area contributed by atoms with Gasteiger partial charge in [-0.3, -0.25) is 4.79 Å². The zero-order chi connectivity index (χ0) is 13.0. The van der Waals surface area contributed by atoms with Crippen LogP contribution in [0, 0.1) is 5.92 Å². The zero-order valence-electron chi connectivity index (χ0n) is 10.9. The quantitative estimate of drug-likeness (QED) is 0.866. The van der Waals surface area contributed by atoms with E-state index in [1.54, 1.807) is 0 Å². The van der Waals surface area contributed by atoms with Crippen LogP contribution in [0.2, 0.25) is 0 Å². The van der Waals surface area contributed by atoms with Crippen LogP contribution < -0.4 is 10.6 Å². The van der Waals surface area contributed by atoms with Gasteiger partial charge in [-0.25, -0.2) is 0 Å². The lowest BCUT2D eigenvalue weighted by molar-refractivity contribution is 0.0947. The number of nitrogens with zero attached hydrogens (tertiary/aromatic N) is 2. The molecule has 5 nitrogen and oxygen atoms in total. The van der Waals surface area contributed by atoms with Gasteiger partial charge >= 0.3 is 0 Å². The first-order valence-electron chi connectivity index (χ1n) is 6.49. The van der Waals surface area contributed by atoms with Gasteiger partial charge in [0.05, 0.1) is 5.69 Å². The Hall–Kier alpha value is -1.01. The highest BCUT2D eigenvalue weighted by Gasteiger charge is 2.20. The molecule has 6 heteroatoms. The van der Waals surface area contributed by atoms with E-state index in [2.05, 4.69) is 20.2 Å². The van der Waals surface area contributed by atoms with Crippen molar-refractivity contribution in [3.63, 3.8) is 0 Å². The van der Waals surface area contributed by atoms with Crippen molar-refractivity contribution in [1.82, 2.24) is 20.2 Å². The van der Waals surface area contributed by atoms with Gasteiger partial charge in [0.25, 0.3) is 5.91 Å². The van der Waals surface area contributed by atoms with E-state index in [4.69, 9.17) is 0 Å². The molecular weight excluding hydrogens is 248 g/mol. The van der Waals surface area contributed by atoms with E-state index in [-0.39, 0.29) is 11.8 Å². The minimum absolute atomic E-state index is 0.0285. The van der Waals surface area contributed by atoms with Crippen molar-refractivity contribution in [3.8, 4) is 0 Å². The Morgan fingerprint density at radius 1 is 1.61 bits per heavy atom. The zero-order valence-corrected chi connectivity index (χ0v) is 11.7. The van der Waals surface area contributed by atoms with Gasteiger partial charge in [0.2, 0.25) is 0 Å². The van der Waals surface area contributed by atoms with Crippen molar-refractivity contribution in [2.45, 2.75) is 32.6 Å². The van der Waals surface area contributed by atoms with Gasteiger partial charge in [0.15, 0.2) is 0 Å². The van der Waals surface area contributed by atoms with E-state index >= 15 is 0 Å². The van der Waals surface area contributed by atoms with Crippen LogP contribution in [-0.4, -0.2) is 35.1 Å². The highest BCUT2D eigenvalue weighted by Crippen LogP contribution is 2.19. The summed E-state index contributed by atoms with van der Waals surface area (Å²) < 4.78 is 3.88. The Labute approximate surface area is 112 Å². The first-order valence-corrected chi connectivity index (χ1v) is 7.27. The van der Waals surface area contributed by atoms with Gasteiger partial charge < -0.3 is 10.6 Å². The molecule has 1 aliphatic heterocycles. The number of piperidine rings is 1. The normalized spacial score (nSPS) is 20.1. The van der Waals surface area contributed by atoms with E-state index in [1.807, 2.05) is 13.8 Å². The molecule has 1 saturated heterocycles. The molecule has 0 aliphatic carbocycles. The highest BCUT2D eigenvalue weighted by molar-refractivity contribution is 7.08. The molecule has 1 atom stereocenters. The maximum absolute atomic E-state index is 12.1. The topological polar surface area (TPSA) is 66.9 Å². The SMILES string of the molecule is CC(C)c1nnsc1C(=O)NCC1CCCNC1. The van der Waals surface area contributed by atoms with Crippen molar-refractivity contribution >= 4 is 17.4 Å². The molecule has 1 aliphatic rings. The van der Waals surface area contributed by atoms with E-state index in [1.165, 1.54) is 24.4 Å². The van der Waals surface area contributed by atoms with Gasteiger partial charge in [-0.1, -0.05) is 18.3 Å². The van der Waals surface area contributed by atoms with Crippen LogP contribution in [0.25, 0.3) is 0 Å². The summed E-state index contributed by atoms with van der Waals surface area (Å²) in [5.41, 5.74) is 0.805. The van der Waals surface area contributed by atoms with Gasteiger partial charge in [0.1, 0.15) is 4.88 Å². The fourth-order valence-electron chi connectivity index (χ4n) is 2.15. The molecule has 0 aromatic carbocycles. The van der Waals surface area contributed by atoms with Crippen LogP contribution in [-0.2, 0) is 0 Å². The largest absolute Gasteiger partial charge is 0.351 e. The molecule has 2 N–H and O–H groups in total. The van der Waals surface area contributed by atoms with Crippen LogP contribution in [0.5, 0.6) is 0 Å². The summed E-state index contributed by atoms with van der Waals surface area (Å²) in [6.45, 7) is 6.89. The second kappa shape index (κ2) is 6.24. The van der Waals surface area contributed by atoms with Crippen molar-refractivity contribution in [2.75, 3.05) is 19.6 Å². The first kappa shape index (κ1) is 13.4. The summed E-state index contributed by atoms with van der Waals surface area (Å²) in [6.07, 6.45) is 2.38. The van der Waals surface area contributed by atoms with Crippen molar-refractivity contribution in [2.24, 2.45) is 5.92 Å². The standard InChI is InChI=1S/C12H20N4OS/c1-8(2)10-11(18-16-15-10)12(17)14-7-9-4-3-5-13-6-9/h8-9,13H,3-7H2,1-2H3,(H,14,17). The van der Waals surface area contributed by atoms with Crippen LogP contribution in [0.1, 0.15) is 48.0 Å². The molecule has 1 unspecified atom stereocenters. The van der Waals surface area contributed by atoms with E-state index in [0.717, 1.165) is 25.3 Å². The number of carbonyl (C=O) groups is 1. The molecule has 0 saturated carbocycles. The minimum Gasteiger partial charge on any atom is -0.351 e. The number of hydrogen-bond acceptors (Lipinski definition) is 5. The monoisotopic (exact) mass is 268 g/mol. The third kappa shape index (κ3) is 3.26. The predicted octanol–water partition coefficient (Wildman–Crippen LogP) is 1.39. The molecule has 100 valence electrons. The summed E-state index contributed by atoms with van der Waals surface area (Å²) in [4.78, 5) is 12.7. The number of aromatic nitrogens is 2. The fourth-order valence-corrected chi connectivity index (χ4v) is 2.88. The van der Waals surface area contributed by atoms with E-state index in [9.17, 15) is 4.79 Å². The Kier molecular flexibility index (Phi) is 4.66. The molecular formula is C12H20N4OS. The number of nitrogens with one attached hydrogen (secondary N) is 2. The molecule has 1 aromatic heterocycles. The lowest BCUT2D eigenvalue weighted by Gasteiger charge is -2.22.